The summed E-state index contributed by atoms with van der Waals surface area (Å²) < 4.78 is 43.7. The van der Waals surface area contributed by atoms with E-state index in [2.05, 4.69) is 5.32 Å². The Labute approximate surface area is 198 Å². The fraction of sp³-hybridized carbons (Fsp3) is 0.250. The molecule has 2 amide bonds. The number of benzene rings is 3. The minimum atomic E-state index is -4.90. The average Bonchev–Trinajstić information content (AvgIpc) is 2.82. The number of alkyl halides is 3. The molecule has 6 nitrogen and oxygen atoms in total. The van der Waals surface area contributed by atoms with E-state index in [1.165, 1.54) is 7.11 Å². The molecule has 3 aromatic rings. The number of carbonyl (C=O) groups is 2. The molecule has 1 heterocycles. The van der Waals surface area contributed by atoms with Gasteiger partial charge in [-0.2, -0.15) is 13.2 Å². The van der Waals surface area contributed by atoms with Gasteiger partial charge in [0.25, 0.3) is 5.91 Å². The lowest BCUT2D eigenvalue weighted by molar-refractivity contribution is -0.185. The fourth-order valence-electron chi connectivity index (χ4n) is 3.97. The van der Waals surface area contributed by atoms with Crippen LogP contribution in [0.4, 0.5) is 24.5 Å². The minimum Gasteiger partial charge on any atom is -0.496 e. The van der Waals surface area contributed by atoms with Gasteiger partial charge in [-0.3, -0.25) is 9.59 Å². The maximum Gasteiger partial charge on any atom is 0.471 e. The number of halogens is 4. The number of nitrogens with one attached hydrogen (secondary N) is 1. The zero-order valence-electron chi connectivity index (χ0n) is 18.2. The van der Waals surface area contributed by atoms with Gasteiger partial charge in [0.2, 0.25) is 0 Å². The van der Waals surface area contributed by atoms with Gasteiger partial charge in [0.1, 0.15) is 5.75 Å². The van der Waals surface area contributed by atoms with E-state index in [1.54, 1.807) is 30.3 Å². The number of fused-ring (bicyclic) bond motifs is 1. The highest BCUT2D eigenvalue weighted by Gasteiger charge is 2.43. The number of ether oxygens (including phenoxy) is 1. The molecule has 1 aliphatic heterocycles. The SMILES string of the molecule is COc1cc2ccccc2cc1C(=O)Nc1cc(Cl)ccc1N1CCN(C(=O)C(F)(F)F)CC1. The van der Waals surface area contributed by atoms with Gasteiger partial charge in [0.15, 0.2) is 0 Å². The maximum absolute atomic E-state index is 13.2. The summed E-state index contributed by atoms with van der Waals surface area (Å²) in [7, 11) is 1.48. The predicted molar refractivity (Wildman–Crippen MR) is 125 cm³/mol. The quantitative estimate of drug-likeness (QED) is 0.560. The van der Waals surface area contributed by atoms with Gasteiger partial charge >= 0.3 is 12.1 Å². The van der Waals surface area contributed by atoms with Gasteiger partial charge in [-0.15, -0.1) is 0 Å². The lowest BCUT2D eigenvalue weighted by Gasteiger charge is -2.37. The van der Waals surface area contributed by atoms with Crippen molar-refractivity contribution in [3.63, 3.8) is 0 Å². The highest BCUT2D eigenvalue weighted by molar-refractivity contribution is 6.31. The first-order valence-corrected chi connectivity index (χ1v) is 10.8. The second-order valence-electron chi connectivity index (χ2n) is 7.79. The van der Waals surface area contributed by atoms with Crippen LogP contribution in [0.15, 0.2) is 54.6 Å². The van der Waals surface area contributed by atoms with Gasteiger partial charge in [0.05, 0.1) is 24.0 Å². The molecule has 0 saturated carbocycles. The number of methoxy groups -OCH3 is 1. The van der Waals surface area contributed by atoms with Gasteiger partial charge < -0.3 is 19.9 Å². The summed E-state index contributed by atoms with van der Waals surface area (Å²) in [5.74, 6) is -1.86. The number of anilines is 2. The molecule has 178 valence electrons. The van der Waals surface area contributed by atoms with Gasteiger partial charge in [-0.05, 0) is 41.1 Å². The molecule has 0 radical (unpaired) electrons. The number of piperazine rings is 1. The third-order valence-corrected chi connectivity index (χ3v) is 5.90. The number of carbonyl (C=O) groups excluding carboxylic acids is 2. The van der Waals surface area contributed by atoms with Crippen molar-refractivity contribution in [2.24, 2.45) is 0 Å². The van der Waals surface area contributed by atoms with Gasteiger partial charge in [-0.25, -0.2) is 0 Å². The molecule has 0 unspecified atom stereocenters. The normalized spacial score (nSPS) is 14.3. The van der Waals surface area contributed by atoms with Gasteiger partial charge in [0, 0.05) is 31.2 Å². The highest BCUT2D eigenvalue weighted by Crippen LogP contribution is 2.33. The summed E-state index contributed by atoms with van der Waals surface area (Å²) >= 11 is 6.16. The molecular formula is C24H21ClF3N3O3. The van der Waals surface area contributed by atoms with Crippen LogP contribution in [0.2, 0.25) is 5.02 Å². The smallest absolute Gasteiger partial charge is 0.471 e. The molecule has 10 heteroatoms. The van der Waals surface area contributed by atoms with Crippen LogP contribution in [-0.2, 0) is 4.79 Å². The van der Waals surface area contributed by atoms with E-state index in [0.717, 1.165) is 15.7 Å². The monoisotopic (exact) mass is 491 g/mol. The number of rotatable bonds is 4. The third-order valence-electron chi connectivity index (χ3n) is 5.67. The van der Waals surface area contributed by atoms with Crippen molar-refractivity contribution in [1.82, 2.24) is 4.90 Å². The Morgan fingerprint density at radius 2 is 1.62 bits per heavy atom. The topological polar surface area (TPSA) is 61.9 Å². The molecular weight excluding hydrogens is 471 g/mol. The molecule has 4 rings (SSSR count). The first kappa shape index (κ1) is 23.7. The molecule has 1 fully saturated rings. The first-order valence-electron chi connectivity index (χ1n) is 10.5. The zero-order chi connectivity index (χ0) is 24.5. The molecule has 3 aromatic carbocycles. The van der Waals surface area contributed by atoms with Crippen molar-refractivity contribution in [3.8, 4) is 5.75 Å². The Morgan fingerprint density at radius 3 is 2.24 bits per heavy atom. The highest BCUT2D eigenvalue weighted by atomic mass is 35.5. The van der Waals surface area contributed by atoms with E-state index >= 15 is 0 Å². The van der Waals surface area contributed by atoms with Crippen molar-refractivity contribution in [2.75, 3.05) is 43.5 Å². The average molecular weight is 492 g/mol. The first-order chi connectivity index (χ1) is 16.2. The predicted octanol–water partition coefficient (Wildman–Crippen LogP) is 4.97. The van der Waals surface area contributed by atoms with Crippen molar-refractivity contribution in [2.45, 2.75) is 6.18 Å². The Hall–Kier alpha value is -3.46. The molecule has 1 saturated heterocycles. The van der Waals surface area contributed by atoms with Crippen molar-refractivity contribution in [1.29, 1.82) is 0 Å². The van der Waals surface area contributed by atoms with E-state index in [4.69, 9.17) is 16.3 Å². The van der Waals surface area contributed by atoms with Crippen LogP contribution in [0.5, 0.6) is 5.75 Å². The fourth-order valence-corrected chi connectivity index (χ4v) is 4.14. The minimum absolute atomic E-state index is 0.0904. The summed E-state index contributed by atoms with van der Waals surface area (Å²) in [6.07, 6.45) is -4.90. The summed E-state index contributed by atoms with van der Waals surface area (Å²) in [6, 6.07) is 16.0. The van der Waals surface area contributed by atoms with E-state index in [0.29, 0.717) is 27.7 Å². The number of hydrogen-bond acceptors (Lipinski definition) is 4. The van der Waals surface area contributed by atoms with Crippen LogP contribution in [0.1, 0.15) is 10.4 Å². The van der Waals surface area contributed by atoms with Crippen LogP contribution >= 0.6 is 11.6 Å². The van der Waals surface area contributed by atoms with Crippen molar-refractivity contribution < 1.29 is 27.5 Å². The molecule has 1 N–H and O–H groups in total. The molecule has 34 heavy (non-hydrogen) atoms. The van der Waals surface area contributed by atoms with Crippen LogP contribution in [-0.4, -0.2) is 56.2 Å². The van der Waals surface area contributed by atoms with Gasteiger partial charge in [-0.1, -0.05) is 35.9 Å². The molecule has 0 bridgehead atoms. The second kappa shape index (κ2) is 9.42. The lowest BCUT2D eigenvalue weighted by atomic mass is 10.0. The molecule has 0 spiro atoms. The Bertz CT molecular complexity index is 1240. The molecule has 1 aliphatic rings. The summed E-state index contributed by atoms with van der Waals surface area (Å²) in [5, 5.41) is 5.03. The van der Waals surface area contributed by atoms with E-state index in [1.807, 2.05) is 29.2 Å². The maximum atomic E-state index is 13.2. The lowest BCUT2D eigenvalue weighted by Crippen LogP contribution is -2.52. The summed E-state index contributed by atoms with van der Waals surface area (Å²) in [6.45, 7) is 0.164. The number of hydrogen-bond donors (Lipinski definition) is 1. The Kier molecular flexibility index (Phi) is 6.56. The number of amides is 2. The van der Waals surface area contributed by atoms with Crippen LogP contribution in [0.25, 0.3) is 10.8 Å². The molecule has 0 aliphatic carbocycles. The summed E-state index contributed by atoms with van der Waals surface area (Å²) in [4.78, 5) is 27.3. The Morgan fingerprint density at radius 1 is 0.971 bits per heavy atom. The molecule has 0 atom stereocenters. The van der Waals surface area contributed by atoms with Crippen LogP contribution in [0, 0.1) is 0 Å². The zero-order valence-corrected chi connectivity index (χ0v) is 18.9. The Balaban J connectivity index is 1.57. The number of nitrogens with zero attached hydrogens (tertiary/aromatic N) is 2. The standard InChI is InChI=1S/C24H21ClF3N3O3/c1-34-21-13-16-5-3-2-4-15(16)12-18(21)22(32)29-19-14-17(25)6-7-20(19)30-8-10-31(11-9-30)23(33)24(26,27)28/h2-7,12-14H,8-11H2,1H3,(H,29,32). The van der Waals surface area contributed by atoms with Crippen molar-refractivity contribution >= 4 is 45.6 Å². The van der Waals surface area contributed by atoms with Crippen molar-refractivity contribution in [3.05, 3.63) is 65.2 Å². The largest absolute Gasteiger partial charge is 0.496 e. The third kappa shape index (κ3) is 4.89. The van der Waals surface area contributed by atoms with E-state index in [-0.39, 0.29) is 26.2 Å². The molecule has 0 aromatic heterocycles. The second-order valence-corrected chi connectivity index (χ2v) is 8.23. The van der Waals surface area contributed by atoms with E-state index < -0.39 is 18.0 Å². The van der Waals surface area contributed by atoms with Crippen LogP contribution < -0.4 is 15.0 Å². The summed E-state index contributed by atoms with van der Waals surface area (Å²) in [5.41, 5.74) is 1.33. The van der Waals surface area contributed by atoms with E-state index in [9.17, 15) is 22.8 Å². The van der Waals surface area contributed by atoms with Crippen LogP contribution in [0.3, 0.4) is 0 Å².